The fraction of sp³-hybridized carbons (Fsp3) is 0.250. The Hall–Kier alpha value is -6.11. The standard InChI is InChI=1S/C36H32N6O7/c1-35(2,3)49-34(47)42-16-19-15-36(19)22-13-26(41-30(22)28(43)14-29(36)42)32(45)38-20-5-7-23-17(9-20)11-25(39-23)31(44)37-21-6-8-24-18(10-21)12-27(40-24)33(46)48-4/h5-14,19,39-41H,15-16H2,1-4H3,(H,37,44)(H,38,45)/t19-,36-/m0/s1. The minimum Gasteiger partial charge on any atom is -0.464 e. The summed E-state index contributed by atoms with van der Waals surface area (Å²) in [6.07, 6.45) is 1.79. The molecular formula is C36H32N6O7. The molecule has 8 rings (SSSR count). The maximum atomic E-state index is 13.4. The van der Waals surface area contributed by atoms with Gasteiger partial charge in [-0.25, -0.2) is 9.59 Å². The van der Waals surface area contributed by atoms with Crippen LogP contribution in [0.3, 0.4) is 0 Å². The van der Waals surface area contributed by atoms with Crippen molar-refractivity contribution < 1.29 is 33.4 Å². The van der Waals surface area contributed by atoms with Crippen molar-refractivity contribution in [1.29, 1.82) is 0 Å². The van der Waals surface area contributed by atoms with Crippen molar-refractivity contribution in [2.75, 3.05) is 24.3 Å². The molecule has 3 aromatic heterocycles. The van der Waals surface area contributed by atoms with Gasteiger partial charge in [0.15, 0.2) is 0 Å². The monoisotopic (exact) mass is 660 g/mol. The van der Waals surface area contributed by atoms with Crippen molar-refractivity contribution in [3.63, 3.8) is 0 Å². The summed E-state index contributed by atoms with van der Waals surface area (Å²) in [6, 6.07) is 15.5. The lowest BCUT2D eigenvalue weighted by atomic mass is 9.85. The second kappa shape index (κ2) is 10.4. The van der Waals surface area contributed by atoms with E-state index in [1.54, 1.807) is 80.3 Å². The van der Waals surface area contributed by atoms with E-state index in [2.05, 4.69) is 25.6 Å². The fourth-order valence-corrected chi connectivity index (χ4v) is 7.07. The Balaban J connectivity index is 0.975. The van der Waals surface area contributed by atoms with Gasteiger partial charge in [-0.3, -0.25) is 19.3 Å². The van der Waals surface area contributed by atoms with Crippen LogP contribution in [0.5, 0.6) is 0 Å². The number of carbonyl (C=O) groups is 5. The van der Waals surface area contributed by atoms with Gasteiger partial charge in [-0.05, 0) is 93.3 Å². The molecule has 1 saturated heterocycles. The van der Waals surface area contributed by atoms with E-state index >= 15 is 0 Å². The number of esters is 1. The van der Waals surface area contributed by atoms with Crippen LogP contribution >= 0.6 is 0 Å². The SMILES string of the molecule is COC(=O)c1cc2cc(NC(=O)c3cc4cc(NC(=O)c5cc6c([nH]5)C(=O)C=C5N(C(=O)OC(C)(C)C)C[C@@H]7C[C@@]567)ccc4[nH]3)ccc2[nH]1. The van der Waals surface area contributed by atoms with Gasteiger partial charge >= 0.3 is 12.1 Å². The molecule has 1 aliphatic heterocycles. The molecule has 2 atom stereocenters. The predicted octanol–water partition coefficient (Wildman–Crippen LogP) is 5.86. The molecular weight excluding hydrogens is 628 g/mol. The number of likely N-dealkylation sites (tertiary alicyclic amines) is 1. The van der Waals surface area contributed by atoms with E-state index in [9.17, 15) is 24.0 Å². The third kappa shape index (κ3) is 4.96. The fourth-order valence-electron chi connectivity index (χ4n) is 7.07. The Bertz CT molecular complexity index is 2320. The summed E-state index contributed by atoms with van der Waals surface area (Å²) in [7, 11) is 1.31. The first-order chi connectivity index (χ1) is 23.3. The van der Waals surface area contributed by atoms with Crippen LogP contribution in [0.4, 0.5) is 16.2 Å². The number of hydrogen-bond donors (Lipinski definition) is 5. The quantitative estimate of drug-likeness (QED) is 0.147. The largest absolute Gasteiger partial charge is 0.464 e. The zero-order valence-electron chi connectivity index (χ0n) is 27.1. The highest BCUT2D eigenvalue weighted by atomic mass is 16.6. The maximum absolute atomic E-state index is 13.4. The van der Waals surface area contributed by atoms with E-state index in [0.717, 1.165) is 22.9 Å². The number of amides is 3. The number of ketones is 1. The maximum Gasteiger partial charge on any atom is 0.414 e. The lowest BCUT2D eigenvalue weighted by molar-refractivity contribution is 0.0321. The van der Waals surface area contributed by atoms with Crippen molar-refractivity contribution in [3.05, 3.63) is 94.7 Å². The second-order valence-corrected chi connectivity index (χ2v) is 13.7. The lowest BCUT2D eigenvalue weighted by Crippen LogP contribution is -2.37. The number of aromatic amines is 3. The molecule has 0 radical (unpaired) electrons. The summed E-state index contributed by atoms with van der Waals surface area (Å²) >= 11 is 0. The van der Waals surface area contributed by atoms with E-state index in [0.29, 0.717) is 51.6 Å². The smallest absolute Gasteiger partial charge is 0.414 e. The van der Waals surface area contributed by atoms with Crippen molar-refractivity contribution in [3.8, 4) is 0 Å². The molecule has 5 aromatic rings. The highest BCUT2D eigenvalue weighted by Crippen LogP contribution is 2.66. The number of benzene rings is 2. The summed E-state index contributed by atoms with van der Waals surface area (Å²) in [5.41, 5.74) is 3.89. The van der Waals surface area contributed by atoms with Gasteiger partial charge in [-0.1, -0.05) is 0 Å². The summed E-state index contributed by atoms with van der Waals surface area (Å²) in [5.74, 6) is -1.43. The topological polar surface area (TPSA) is 178 Å². The number of allylic oxidation sites excluding steroid dienone is 2. The van der Waals surface area contributed by atoms with Gasteiger partial charge < -0.3 is 35.1 Å². The van der Waals surface area contributed by atoms with Crippen molar-refractivity contribution in [2.24, 2.45) is 5.92 Å². The van der Waals surface area contributed by atoms with Crippen LogP contribution in [0.1, 0.15) is 74.7 Å². The number of nitrogens with zero attached hydrogens (tertiary/aromatic N) is 1. The number of anilines is 2. The highest BCUT2D eigenvalue weighted by Gasteiger charge is 2.68. The first-order valence-electron chi connectivity index (χ1n) is 15.8. The molecule has 4 heterocycles. The number of H-pyrrole nitrogens is 3. The van der Waals surface area contributed by atoms with Gasteiger partial charge in [0.1, 0.15) is 22.7 Å². The molecule has 1 saturated carbocycles. The Kier molecular flexibility index (Phi) is 6.45. The van der Waals surface area contributed by atoms with E-state index in [1.165, 1.54) is 13.2 Å². The molecule has 2 fully saturated rings. The Labute approximate surface area is 279 Å². The summed E-state index contributed by atoms with van der Waals surface area (Å²) < 4.78 is 10.4. The second-order valence-electron chi connectivity index (χ2n) is 13.7. The Morgan fingerprint density at radius 1 is 0.837 bits per heavy atom. The first-order valence-corrected chi connectivity index (χ1v) is 15.8. The molecule has 5 N–H and O–H groups in total. The average Bonchev–Trinajstić information content (AvgIpc) is 3.53. The number of rotatable bonds is 5. The van der Waals surface area contributed by atoms with E-state index in [4.69, 9.17) is 9.47 Å². The molecule has 3 amide bonds. The van der Waals surface area contributed by atoms with Crippen LogP contribution in [0.15, 0.2) is 66.4 Å². The van der Waals surface area contributed by atoms with Gasteiger partial charge in [-0.2, -0.15) is 0 Å². The molecule has 3 aliphatic rings. The normalized spacial score (nSPS) is 19.2. The first kappa shape index (κ1) is 30.2. The van der Waals surface area contributed by atoms with E-state index in [1.807, 2.05) is 0 Å². The number of aromatic nitrogens is 3. The molecule has 13 nitrogen and oxygen atoms in total. The van der Waals surface area contributed by atoms with Crippen LogP contribution in [0.2, 0.25) is 0 Å². The minimum atomic E-state index is -0.670. The van der Waals surface area contributed by atoms with Gasteiger partial charge in [0, 0.05) is 56.9 Å². The van der Waals surface area contributed by atoms with Gasteiger partial charge in [0.05, 0.1) is 12.8 Å². The number of fused-ring (bicyclic) bond motifs is 3. The molecule has 0 bridgehead atoms. The third-order valence-electron chi connectivity index (χ3n) is 9.33. The molecule has 13 heteroatoms. The lowest BCUT2D eigenvalue weighted by Gasteiger charge is -2.30. The molecule has 1 spiro atoms. The summed E-state index contributed by atoms with van der Waals surface area (Å²) in [5, 5.41) is 7.20. The zero-order valence-corrected chi connectivity index (χ0v) is 27.1. The minimum absolute atomic E-state index is 0.142. The number of ether oxygens (including phenoxy) is 2. The third-order valence-corrected chi connectivity index (χ3v) is 9.33. The van der Waals surface area contributed by atoms with Crippen molar-refractivity contribution >= 4 is 62.8 Å². The molecule has 248 valence electrons. The number of carbonyl (C=O) groups excluding carboxylic acids is 5. The van der Waals surface area contributed by atoms with Crippen molar-refractivity contribution in [2.45, 2.75) is 38.2 Å². The summed E-state index contributed by atoms with van der Waals surface area (Å²) in [4.78, 5) is 75.2. The predicted molar refractivity (Wildman–Crippen MR) is 180 cm³/mol. The highest BCUT2D eigenvalue weighted by molar-refractivity contribution is 6.11. The number of hydrogen-bond acceptors (Lipinski definition) is 7. The number of piperidine rings is 1. The Morgan fingerprint density at radius 2 is 1.43 bits per heavy atom. The number of nitrogens with one attached hydrogen (secondary N) is 5. The number of methoxy groups -OCH3 is 1. The zero-order chi connectivity index (χ0) is 34.4. The van der Waals surface area contributed by atoms with Gasteiger partial charge in [0.25, 0.3) is 11.8 Å². The molecule has 2 aliphatic carbocycles. The van der Waals surface area contributed by atoms with E-state index in [-0.39, 0.29) is 23.3 Å². The average molecular weight is 661 g/mol. The van der Waals surface area contributed by atoms with Crippen LogP contribution in [0, 0.1) is 5.92 Å². The van der Waals surface area contributed by atoms with Gasteiger partial charge in [-0.15, -0.1) is 0 Å². The molecule has 2 aromatic carbocycles. The van der Waals surface area contributed by atoms with Crippen LogP contribution in [0.25, 0.3) is 21.8 Å². The van der Waals surface area contributed by atoms with Crippen LogP contribution in [-0.2, 0) is 14.9 Å². The van der Waals surface area contributed by atoms with Crippen LogP contribution < -0.4 is 10.6 Å². The van der Waals surface area contributed by atoms with E-state index < -0.39 is 29.0 Å². The molecule has 49 heavy (non-hydrogen) atoms. The summed E-state index contributed by atoms with van der Waals surface area (Å²) in [6.45, 7) is 5.86. The van der Waals surface area contributed by atoms with Crippen LogP contribution in [-0.4, -0.2) is 68.8 Å². The van der Waals surface area contributed by atoms with Gasteiger partial charge in [0.2, 0.25) is 5.78 Å². The molecule has 0 unspecified atom stereocenters. The Morgan fingerprint density at radius 3 is 2.04 bits per heavy atom. The van der Waals surface area contributed by atoms with Crippen molar-refractivity contribution in [1.82, 2.24) is 19.9 Å².